The maximum absolute atomic E-state index is 14.8. The van der Waals surface area contributed by atoms with Crippen LogP contribution in [0, 0.1) is 50.2 Å². The molecule has 0 aromatic heterocycles. The second-order valence-electron chi connectivity index (χ2n) is 20.6. The summed E-state index contributed by atoms with van der Waals surface area (Å²) in [5, 5.41) is 83.0. The van der Waals surface area contributed by atoms with Gasteiger partial charge < -0.3 is 59.8 Å². The number of carbonyl (C=O) groups is 4. The summed E-state index contributed by atoms with van der Waals surface area (Å²) < 4.78 is 23.4. The Bertz CT molecular complexity index is 1740. The van der Waals surface area contributed by atoms with Gasteiger partial charge in [0.25, 0.3) is 0 Å². The van der Waals surface area contributed by atoms with Gasteiger partial charge in [-0.05, 0) is 110 Å². The molecule has 6 fully saturated rings. The summed E-state index contributed by atoms with van der Waals surface area (Å²) in [5.74, 6) is -4.47. The number of carboxylic acids is 3. The van der Waals surface area contributed by atoms with E-state index in [0.29, 0.717) is 25.7 Å². The average molecular weight is 847 g/mol. The van der Waals surface area contributed by atoms with E-state index in [1.54, 1.807) is 0 Å². The number of aliphatic hydroxyl groups is 5. The molecule has 19 atom stereocenters. The number of rotatable bonds is 7. The molecule has 0 spiro atoms. The molecule has 4 saturated carbocycles. The monoisotopic (exact) mass is 846 g/mol. The van der Waals surface area contributed by atoms with Crippen LogP contribution in [0.2, 0.25) is 0 Å². The van der Waals surface area contributed by atoms with Crippen molar-refractivity contribution in [3.05, 3.63) is 11.6 Å². The predicted octanol–water partition coefficient (Wildman–Crippen LogP) is 1.86. The van der Waals surface area contributed by atoms with Gasteiger partial charge in [-0.15, -0.1) is 0 Å². The summed E-state index contributed by atoms with van der Waals surface area (Å²) in [6, 6.07) is 0. The number of aliphatic carboxylic acids is 3. The molecule has 2 heterocycles. The van der Waals surface area contributed by atoms with Crippen LogP contribution >= 0.6 is 0 Å². The Balaban J connectivity index is 0.00000585. The number of aliphatic hydroxyl groups excluding tert-OH is 5. The number of hydrogen-bond acceptors (Lipinski definition) is 13. The molecule has 2 aliphatic heterocycles. The number of hydrogen-bond donors (Lipinski definition) is 8. The molecule has 16 nitrogen and oxygen atoms in total. The third kappa shape index (κ3) is 6.95. The first kappa shape index (κ1) is 46.7. The van der Waals surface area contributed by atoms with E-state index in [9.17, 15) is 60.0 Å². The second kappa shape index (κ2) is 15.5. The molecular formula is C42H62MgO16+2. The van der Waals surface area contributed by atoms with Crippen LogP contribution in [0.4, 0.5) is 0 Å². The summed E-state index contributed by atoms with van der Waals surface area (Å²) in [7, 11) is 0. The van der Waals surface area contributed by atoms with Crippen molar-refractivity contribution in [3.8, 4) is 0 Å². The minimum absolute atomic E-state index is 0. The van der Waals surface area contributed by atoms with Crippen molar-refractivity contribution in [2.75, 3.05) is 0 Å². The van der Waals surface area contributed by atoms with Crippen molar-refractivity contribution in [1.29, 1.82) is 0 Å². The van der Waals surface area contributed by atoms with Crippen molar-refractivity contribution in [2.24, 2.45) is 50.2 Å². The van der Waals surface area contributed by atoms with Crippen LogP contribution in [0.1, 0.15) is 106 Å². The Labute approximate surface area is 360 Å². The molecule has 7 aliphatic rings. The van der Waals surface area contributed by atoms with E-state index < -0.39 is 107 Å². The van der Waals surface area contributed by atoms with Gasteiger partial charge in [0.05, 0.1) is 11.5 Å². The van der Waals surface area contributed by atoms with Crippen molar-refractivity contribution < 1.29 is 79.0 Å². The van der Waals surface area contributed by atoms with Crippen molar-refractivity contribution >= 4 is 46.7 Å². The van der Waals surface area contributed by atoms with Crippen LogP contribution < -0.4 is 0 Å². The molecule has 0 bridgehead atoms. The second-order valence-corrected chi connectivity index (χ2v) is 20.6. The smallest absolute Gasteiger partial charge is 0.481 e. The molecule has 0 aromatic rings. The molecule has 0 radical (unpaired) electrons. The minimum atomic E-state index is -2.05. The minimum Gasteiger partial charge on any atom is -0.481 e. The summed E-state index contributed by atoms with van der Waals surface area (Å²) in [4.78, 5) is 51.3. The van der Waals surface area contributed by atoms with Gasteiger partial charge in [0, 0.05) is 5.92 Å². The normalized spacial score (nSPS) is 51.7. The topological polar surface area (TPSA) is 267 Å². The maximum Gasteiger partial charge on any atom is 2.00 e. The quantitative estimate of drug-likeness (QED) is 0.134. The van der Waals surface area contributed by atoms with E-state index in [0.717, 1.165) is 37.7 Å². The van der Waals surface area contributed by atoms with E-state index >= 15 is 0 Å². The average Bonchev–Trinajstić information content (AvgIpc) is 3.13. The number of carboxylic acid groups (broad SMARTS) is 3. The van der Waals surface area contributed by atoms with E-state index in [1.165, 1.54) is 0 Å². The van der Waals surface area contributed by atoms with Crippen LogP contribution in [-0.4, -0.2) is 155 Å². The van der Waals surface area contributed by atoms with E-state index in [1.807, 2.05) is 26.8 Å². The van der Waals surface area contributed by atoms with Crippen LogP contribution in [0.3, 0.4) is 0 Å². The summed E-state index contributed by atoms with van der Waals surface area (Å²) in [5.41, 5.74) is -1.81. The van der Waals surface area contributed by atoms with Gasteiger partial charge in [0.15, 0.2) is 30.6 Å². The van der Waals surface area contributed by atoms with Crippen molar-refractivity contribution in [3.63, 3.8) is 0 Å². The number of allylic oxidation sites excluding steroid dienone is 2. The molecule has 0 unspecified atom stereocenters. The third-order valence-electron chi connectivity index (χ3n) is 17.2. The third-order valence-corrected chi connectivity index (χ3v) is 17.2. The Morgan fingerprint density at radius 2 is 1.27 bits per heavy atom. The molecule has 326 valence electrons. The van der Waals surface area contributed by atoms with Gasteiger partial charge in [0.2, 0.25) is 0 Å². The van der Waals surface area contributed by atoms with Gasteiger partial charge in [0.1, 0.15) is 36.6 Å². The zero-order valence-corrected chi connectivity index (χ0v) is 36.5. The van der Waals surface area contributed by atoms with Crippen LogP contribution in [0.25, 0.3) is 0 Å². The maximum atomic E-state index is 14.8. The van der Waals surface area contributed by atoms with Crippen LogP contribution in [0.5, 0.6) is 0 Å². The van der Waals surface area contributed by atoms with Gasteiger partial charge >= 0.3 is 41.0 Å². The molecule has 2 saturated heterocycles. The molecule has 5 aliphatic carbocycles. The first-order chi connectivity index (χ1) is 26.8. The Morgan fingerprint density at radius 3 is 1.86 bits per heavy atom. The molecule has 59 heavy (non-hydrogen) atoms. The summed E-state index contributed by atoms with van der Waals surface area (Å²) >= 11 is 0. The summed E-state index contributed by atoms with van der Waals surface area (Å²) in [6.07, 6.45) is -12.2. The van der Waals surface area contributed by atoms with Crippen LogP contribution in [0.15, 0.2) is 11.6 Å². The summed E-state index contributed by atoms with van der Waals surface area (Å²) in [6.45, 7) is 14.8. The zero-order chi connectivity index (χ0) is 42.9. The van der Waals surface area contributed by atoms with E-state index in [4.69, 9.17) is 18.9 Å². The Kier molecular flexibility index (Phi) is 12.3. The van der Waals surface area contributed by atoms with Gasteiger partial charge in [-0.2, -0.15) is 0 Å². The standard InChI is InChI=1S/C42H62O16.Mg/c1-37(2)21-8-11-42(7)31(20(43)16-18-19-17-39(4,36(53)54)13-12-38(19,3)14-15-41(18,42)6)40(21,5)10-9-22(37)55-35-30(26(47)25(46)29(57-35)33(51)52)58-34-27(48)23(44)24(45)28(56-34)32(49)50;/h16,19,21-31,34-35,44-48H,8-15,17H2,1-7H3,(H,49,50)(H,51,52)(H,53,54);/q;+2/t19-,21+,22+,23+,24+,25+,26+,27-,28+,29+,30-,31-,34+,35+,38-,39+,40+,41-,42-;/m1./s1. The molecule has 8 N–H and O–H groups in total. The fraction of sp³-hybridized carbons (Fsp3) is 0.857. The van der Waals surface area contributed by atoms with Gasteiger partial charge in [-0.3, -0.25) is 9.59 Å². The first-order valence-electron chi connectivity index (χ1n) is 20.7. The van der Waals surface area contributed by atoms with Crippen LogP contribution in [-0.2, 0) is 38.1 Å². The van der Waals surface area contributed by atoms with Crippen molar-refractivity contribution in [2.45, 2.75) is 174 Å². The van der Waals surface area contributed by atoms with Crippen molar-refractivity contribution in [1.82, 2.24) is 0 Å². The van der Waals surface area contributed by atoms with Gasteiger partial charge in [-0.25, -0.2) is 9.59 Å². The number of carbonyl (C=O) groups excluding carboxylic acids is 1. The Morgan fingerprint density at radius 1 is 0.695 bits per heavy atom. The molecule has 7 rings (SSSR count). The number of ketones is 1. The van der Waals surface area contributed by atoms with E-state index in [-0.39, 0.29) is 57.4 Å². The number of ether oxygens (including phenoxy) is 4. The first-order valence-corrected chi connectivity index (χ1v) is 20.7. The SMILES string of the molecule is CC1(C)[C@@H](O[C@H]2O[C@H](C(=O)O)[C@@H](O)[C@H](O)[C@H]2O[C@@H]2O[C@H](C(=O)O)[C@@H](O)[C@H](O)[C@H]2O)CC[C@]2(C)[C@H]3C(=O)C=C4[C@H]5C[C@@](C)(C(=O)O)CC[C@]5(C)CC[C@@]4(C)[C@]3(C)CC[C@@H]12.[Mg+2]. The zero-order valence-electron chi connectivity index (χ0n) is 35.1. The fourth-order valence-electron chi connectivity index (χ4n) is 13.4. The molecule has 0 amide bonds. The van der Waals surface area contributed by atoms with E-state index in [2.05, 4.69) is 27.7 Å². The molecular weight excluding hydrogens is 785 g/mol. The van der Waals surface area contributed by atoms with Gasteiger partial charge in [-0.1, -0.05) is 47.1 Å². The fourth-order valence-corrected chi connectivity index (χ4v) is 13.4. The number of fused-ring (bicyclic) bond motifs is 7. The molecule has 0 aromatic carbocycles. The predicted molar refractivity (Wildman–Crippen MR) is 205 cm³/mol. The Hall–Kier alpha value is -1.77. The largest absolute Gasteiger partial charge is 2.00 e. The molecule has 17 heteroatoms.